The van der Waals surface area contributed by atoms with Crippen molar-refractivity contribution in [2.45, 2.75) is 52.1 Å². The van der Waals surface area contributed by atoms with Crippen molar-refractivity contribution >= 4 is 11.3 Å². The quantitative estimate of drug-likeness (QED) is 0.839. The lowest BCUT2D eigenvalue weighted by atomic mass is 9.75. The SMILES string of the molecule is Cc1nc(CC2(O)CCCC2(C)C)cs1. The zero-order valence-corrected chi connectivity index (χ0v) is 10.5. The molecule has 0 saturated heterocycles. The van der Waals surface area contributed by atoms with Gasteiger partial charge in [0.2, 0.25) is 0 Å². The molecule has 1 saturated carbocycles. The van der Waals surface area contributed by atoms with Crippen LogP contribution in [0, 0.1) is 12.3 Å². The van der Waals surface area contributed by atoms with Gasteiger partial charge in [-0.2, -0.15) is 0 Å². The molecule has 0 aliphatic heterocycles. The highest BCUT2D eigenvalue weighted by Gasteiger charge is 2.47. The molecule has 15 heavy (non-hydrogen) atoms. The first-order valence-electron chi connectivity index (χ1n) is 5.56. The average Bonchev–Trinajstić information content (AvgIpc) is 2.59. The molecule has 1 unspecified atom stereocenters. The Morgan fingerprint density at radius 2 is 2.20 bits per heavy atom. The molecule has 2 nitrogen and oxygen atoms in total. The zero-order valence-electron chi connectivity index (χ0n) is 9.71. The summed E-state index contributed by atoms with van der Waals surface area (Å²) in [6.07, 6.45) is 3.88. The summed E-state index contributed by atoms with van der Waals surface area (Å²) < 4.78 is 0. The Kier molecular flexibility index (Phi) is 2.63. The van der Waals surface area contributed by atoms with Gasteiger partial charge >= 0.3 is 0 Å². The van der Waals surface area contributed by atoms with E-state index in [1.54, 1.807) is 11.3 Å². The van der Waals surface area contributed by atoms with Gasteiger partial charge in [-0.1, -0.05) is 13.8 Å². The molecule has 1 aromatic rings. The molecule has 3 heteroatoms. The van der Waals surface area contributed by atoms with E-state index in [2.05, 4.69) is 24.2 Å². The number of thiazole rings is 1. The molecule has 1 aliphatic rings. The van der Waals surface area contributed by atoms with Crippen LogP contribution in [0.2, 0.25) is 0 Å². The van der Waals surface area contributed by atoms with Crippen molar-refractivity contribution in [3.8, 4) is 0 Å². The molecule has 2 rings (SSSR count). The van der Waals surface area contributed by atoms with Crippen LogP contribution in [-0.4, -0.2) is 15.7 Å². The van der Waals surface area contributed by atoms with Gasteiger partial charge in [-0.05, 0) is 31.6 Å². The minimum Gasteiger partial charge on any atom is -0.389 e. The number of aryl methyl sites for hydroxylation is 1. The lowest BCUT2D eigenvalue weighted by Crippen LogP contribution is -2.41. The van der Waals surface area contributed by atoms with Gasteiger partial charge in [0.05, 0.1) is 16.3 Å². The highest BCUT2D eigenvalue weighted by molar-refractivity contribution is 7.09. The standard InChI is InChI=1S/C12H19NOS/c1-9-13-10(8-15-9)7-12(14)6-4-5-11(12,2)3/h8,14H,4-7H2,1-3H3. The Morgan fingerprint density at radius 3 is 2.67 bits per heavy atom. The van der Waals surface area contributed by atoms with Crippen LogP contribution in [0.15, 0.2) is 5.38 Å². The zero-order chi connectivity index (χ0) is 11.1. The first-order chi connectivity index (χ1) is 6.93. The van der Waals surface area contributed by atoms with E-state index in [1.165, 1.54) is 0 Å². The van der Waals surface area contributed by atoms with Gasteiger partial charge < -0.3 is 5.11 Å². The van der Waals surface area contributed by atoms with Crippen LogP contribution < -0.4 is 0 Å². The van der Waals surface area contributed by atoms with E-state index < -0.39 is 5.60 Å². The highest BCUT2D eigenvalue weighted by atomic mass is 32.1. The molecule has 1 aliphatic carbocycles. The van der Waals surface area contributed by atoms with Crippen LogP contribution >= 0.6 is 11.3 Å². The molecule has 0 bridgehead atoms. The molecular formula is C12H19NOS. The maximum atomic E-state index is 10.6. The Labute approximate surface area is 95.4 Å². The summed E-state index contributed by atoms with van der Waals surface area (Å²) in [4.78, 5) is 4.44. The molecule has 0 amide bonds. The minimum absolute atomic E-state index is 0.0323. The fraction of sp³-hybridized carbons (Fsp3) is 0.750. The molecule has 1 N–H and O–H groups in total. The van der Waals surface area contributed by atoms with Gasteiger partial charge in [0.1, 0.15) is 0 Å². The van der Waals surface area contributed by atoms with Crippen LogP contribution in [0.4, 0.5) is 0 Å². The van der Waals surface area contributed by atoms with Gasteiger partial charge in [-0.15, -0.1) is 11.3 Å². The van der Waals surface area contributed by atoms with E-state index in [0.29, 0.717) is 6.42 Å². The molecular weight excluding hydrogens is 206 g/mol. The Morgan fingerprint density at radius 1 is 1.47 bits per heavy atom. The highest BCUT2D eigenvalue weighted by Crippen LogP contribution is 2.47. The summed E-state index contributed by atoms with van der Waals surface area (Å²) in [5, 5.41) is 13.8. The van der Waals surface area contributed by atoms with Crippen LogP contribution in [0.5, 0.6) is 0 Å². The average molecular weight is 225 g/mol. The maximum Gasteiger partial charge on any atom is 0.0897 e. The smallest absolute Gasteiger partial charge is 0.0897 e. The second kappa shape index (κ2) is 3.56. The summed E-state index contributed by atoms with van der Waals surface area (Å²) in [6, 6.07) is 0. The maximum absolute atomic E-state index is 10.6. The van der Waals surface area contributed by atoms with E-state index >= 15 is 0 Å². The first kappa shape index (κ1) is 11.1. The largest absolute Gasteiger partial charge is 0.389 e. The summed E-state index contributed by atoms with van der Waals surface area (Å²) in [5.41, 5.74) is 0.535. The first-order valence-corrected chi connectivity index (χ1v) is 6.44. The van der Waals surface area contributed by atoms with E-state index in [4.69, 9.17) is 0 Å². The summed E-state index contributed by atoms with van der Waals surface area (Å²) in [7, 11) is 0. The second-order valence-electron chi connectivity index (χ2n) is 5.30. The van der Waals surface area contributed by atoms with Crippen LogP contribution in [0.1, 0.15) is 43.8 Å². The van der Waals surface area contributed by atoms with Crippen molar-refractivity contribution in [2.24, 2.45) is 5.41 Å². The predicted octanol–water partition coefficient (Wildman–Crippen LogP) is 2.94. The molecule has 0 spiro atoms. The number of hydrogen-bond donors (Lipinski definition) is 1. The van der Waals surface area contributed by atoms with Gasteiger partial charge in [0, 0.05) is 11.8 Å². The van der Waals surface area contributed by atoms with Crippen LogP contribution in [-0.2, 0) is 6.42 Å². The Hall–Kier alpha value is -0.410. The van der Waals surface area contributed by atoms with E-state index in [1.807, 2.05) is 6.92 Å². The molecule has 1 atom stereocenters. The van der Waals surface area contributed by atoms with Crippen molar-refractivity contribution in [3.63, 3.8) is 0 Å². The van der Waals surface area contributed by atoms with Gasteiger partial charge in [0.25, 0.3) is 0 Å². The lowest BCUT2D eigenvalue weighted by Gasteiger charge is -2.36. The Bertz CT molecular complexity index is 358. The molecule has 1 aromatic heterocycles. The topological polar surface area (TPSA) is 33.1 Å². The second-order valence-corrected chi connectivity index (χ2v) is 6.37. The third kappa shape index (κ3) is 1.95. The van der Waals surface area contributed by atoms with Crippen molar-refractivity contribution in [1.29, 1.82) is 0 Å². The van der Waals surface area contributed by atoms with Gasteiger partial charge in [0.15, 0.2) is 0 Å². The number of aliphatic hydroxyl groups is 1. The van der Waals surface area contributed by atoms with Crippen molar-refractivity contribution in [1.82, 2.24) is 4.98 Å². The monoisotopic (exact) mass is 225 g/mol. The minimum atomic E-state index is -0.548. The van der Waals surface area contributed by atoms with E-state index in [9.17, 15) is 5.11 Å². The van der Waals surface area contributed by atoms with Gasteiger partial charge in [-0.3, -0.25) is 0 Å². The fourth-order valence-electron chi connectivity index (χ4n) is 2.51. The fourth-order valence-corrected chi connectivity index (χ4v) is 3.12. The number of aromatic nitrogens is 1. The van der Waals surface area contributed by atoms with Crippen LogP contribution in [0.3, 0.4) is 0 Å². The third-order valence-corrected chi connectivity index (χ3v) is 4.61. The van der Waals surface area contributed by atoms with Crippen molar-refractivity contribution < 1.29 is 5.11 Å². The summed E-state index contributed by atoms with van der Waals surface area (Å²) >= 11 is 1.66. The van der Waals surface area contributed by atoms with E-state index in [0.717, 1.165) is 30.0 Å². The van der Waals surface area contributed by atoms with Crippen molar-refractivity contribution in [2.75, 3.05) is 0 Å². The number of nitrogens with zero attached hydrogens (tertiary/aromatic N) is 1. The van der Waals surface area contributed by atoms with Gasteiger partial charge in [-0.25, -0.2) is 4.98 Å². The number of rotatable bonds is 2. The molecule has 84 valence electrons. The summed E-state index contributed by atoms with van der Waals surface area (Å²) in [5.74, 6) is 0. The van der Waals surface area contributed by atoms with Crippen molar-refractivity contribution in [3.05, 3.63) is 16.1 Å². The molecule has 0 aromatic carbocycles. The normalized spacial score (nSPS) is 29.6. The third-order valence-electron chi connectivity index (χ3n) is 3.79. The number of hydrogen-bond acceptors (Lipinski definition) is 3. The molecule has 1 heterocycles. The predicted molar refractivity (Wildman–Crippen MR) is 63.1 cm³/mol. The van der Waals surface area contributed by atoms with Crippen LogP contribution in [0.25, 0.3) is 0 Å². The molecule has 1 fully saturated rings. The molecule has 0 radical (unpaired) electrons. The Balaban J connectivity index is 2.17. The van der Waals surface area contributed by atoms with E-state index in [-0.39, 0.29) is 5.41 Å². The summed E-state index contributed by atoms with van der Waals surface area (Å²) in [6.45, 7) is 6.34. The lowest BCUT2D eigenvalue weighted by molar-refractivity contribution is -0.0425.